The van der Waals surface area contributed by atoms with E-state index in [0.29, 0.717) is 24.5 Å². The number of rotatable bonds is 8. The lowest BCUT2D eigenvalue weighted by Gasteiger charge is -2.14. The van der Waals surface area contributed by atoms with E-state index in [2.05, 4.69) is 4.98 Å². The fourth-order valence-electron chi connectivity index (χ4n) is 2.60. The summed E-state index contributed by atoms with van der Waals surface area (Å²) in [5, 5.41) is 9.83. The minimum Gasteiger partial charge on any atom is -0.491 e. The maximum atomic E-state index is 10.6. The van der Waals surface area contributed by atoms with Crippen molar-refractivity contribution in [3.63, 3.8) is 0 Å². The molecule has 0 bridgehead atoms. The maximum absolute atomic E-state index is 10.6. The number of para-hydroxylation sites is 1. The number of carboxylic acid groups (broad SMARTS) is 1. The van der Waals surface area contributed by atoms with Crippen molar-refractivity contribution in [1.82, 2.24) is 4.98 Å². The second kappa shape index (κ2) is 8.34. The zero-order valence-electron chi connectivity index (χ0n) is 14.6. The third-order valence-corrected chi connectivity index (χ3v) is 3.95. The molecule has 26 heavy (non-hydrogen) atoms. The molecule has 0 saturated carbocycles. The highest BCUT2D eigenvalue weighted by Gasteiger charge is 2.08. The first-order chi connectivity index (χ1) is 12.6. The number of hydrogen-bond donors (Lipinski definition) is 1. The highest BCUT2D eigenvalue weighted by molar-refractivity contribution is 5.78. The molecule has 5 nitrogen and oxygen atoms in total. The second-order valence-corrected chi connectivity index (χ2v) is 6.12. The van der Waals surface area contributed by atoms with Gasteiger partial charge in [0.15, 0.2) is 0 Å². The van der Waals surface area contributed by atoms with Gasteiger partial charge in [0.1, 0.15) is 18.1 Å². The van der Waals surface area contributed by atoms with Gasteiger partial charge in [-0.1, -0.05) is 30.3 Å². The number of aliphatic carboxylic acids is 1. The van der Waals surface area contributed by atoms with Crippen molar-refractivity contribution >= 4 is 16.9 Å². The van der Waals surface area contributed by atoms with Crippen molar-refractivity contribution in [2.45, 2.75) is 32.5 Å². The van der Waals surface area contributed by atoms with Crippen molar-refractivity contribution in [2.24, 2.45) is 0 Å². The molecule has 0 aliphatic rings. The molecule has 1 atom stereocenters. The molecule has 1 unspecified atom stereocenters. The molecular formula is C21H21NO4. The minimum atomic E-state index is -0.819. The van der Waals surface area contributed by atoms with E-state index in [1.165, 1.54) is 0 Å². The molecule has 0 spiro atoms. The van der Waals surface area contributed by atoms with Crippen LogP contribution >= 0.6 is 0 Å². The first-order valence-electron chi connectivity index (χ1n) is 8.56. The van der Waals surface area contributed by atoms with Gasteiger partial charge in [-0.3, -0.25) is 4.79 Å². The third kappa shape index (κ3) is 4.96. The summed E-state index contributed by atoms with van der Waals surface area (Å²) in [6.45, 7) is 2.22. The van der Waals surface area contributed by atoms with Crippen LogP contribution in [0.1, 0.15) is 25.5 Å². The summed E-state index contributed by atoms with van der Waals surface area (Å²) in [4.78, 5) is 15.2. The lowest BCUT2D eigenvalue weighted by Crippen LogP contribution is -2.13. The molecule has 1 heterocycles. The lowest BCUT2D eigenvalue weighted by molar-refractivity contribution is -0.137. The Hall–Kier alpha value is -3.08. The van der Waals surface area contributed by atoms with Crippen molar-refractivity contribution < 1.29 is 19.4 Å². The van der Waals surface area contributed by atoms with E-state index in [1.54, 1.807) is 6.07 Å². The summed E-state index contributed by atoms with van der Waals surface area (Å²) in [7, 11) is 0. The number of benzene rings is 2. The van der Waals surface area contributed by atoms with Crippen molar-refractivity contribution in [2.75, 3.05) is 0 Å². The SMILES string of the molecule is CC(CCC(=O)O)Oc1cccc(OCc2ccc3ccccc3n2)c1. The lowest BCUT2D eigenvalue weighted by atomic mass is 10.2. The number of ether oxygens (including phenoxy) is 2. The molecule has 3 aromatic rings. The van der Waals surface area contributed by atoms with E-state index in [0.717, 1.165) is 16.6 Å². The molecule has 0 aliphatic carbocycles. The van der Waals surface area contributed by atoms with E-state index in [9.17, 15) is 4.79 Å². The van der Waals surface area contributed by atoms with Gasteiger partial charge in [-0.15, -0.1) is 0 Å². The van der Waals surface area contributed by atoms with Crippen LogP contribution in [0.4, 0.5) is 0 Å². The van der Waals surface area contributed by atoms with Crippen molar-refractivity contribution in [1.29, 1.82) is 0 Å². The molecule has 134 valence electrons. The van der Waals surface area contributed by atoms with Crippen molar-refractivity contribution in [3.05, 3.63) is 66.4 Å². The Balaban J connectivity index is 1.60. The Kier molecular flexibility index (Phi) is 5.69. The van der Waals surface area contributed by atoms with E-state index in [1.807, 2.05) is 61.5 Å². The molecule has 0 saturated heterocycles. The zero-order chi connectivity index (χ0) is 18.4. The summed E-state index contributed by atoms with van der Waals surface area (Å²) in [6, 6.07) is 19.3. The highest BCUT2D eigenvalue weighted by Crippen LogP contribution is 2.22. The minimum absolute atomic E-state index is 0.0883. The number of fused-ring (bicyclic) bond motifs is 1. The molecule has 1 aromatic heterocycles. The van der Waals surface area contributed by atoms with Gasteiger partial charge in [-0.2, -0.15) is 0 Å². The van der Waals surface area contributed by atoms with Gasteiger partial charge < -0.3 is 14.6 Å². The Morgan fingerprint density at radius 1 is 1.08 bits per heavy atom. The van der Waals surface area contributed by atoms with E-state index in [4.69, 9.17) is 14.6 Å². The second-order valence-electron chi connectivity index (χ2n) is 6.12. The van der Waals surface area contributed by atoms with Gasteiger partial charge >= 0.3 is 5.97 Å². The van der Waals surface area contributed by atoms with Crippen LogP contribution < -0.4 is 9.47 Å². The standard InChI is InChI=1S/C21H21NO4/c1-15(9-12-21(23)24)26-19-7-4-6-18(13-19)25-14-17-11-10-16-5-2-3-8-20(16)22-17/h2-8,10-11,13,15H,9,12,14H2,1H3,(H,23,24). The van der Waals surface area contributed by atoms with Crippen LogP contribution in [0, 0.1) is 0 Å². The number of carboxylic acids is 1. The van der Waals surface area contributed by atoms with Gasteiger partial charge in [0.25, 0.3) is 0 Å². The van der Waals surface area contributed by atoms with E-state index < -0.39 is 5.97 Å². The van der Waals surface area contributed by atoms with Crippen molar-refractivity contribution in [3.8, 4) is 11.5 Å². The van der Waals surface area contributed by atoms with E-state index >= 15 is 0 Å². The molecule has 0 aliphatic heterocycles. The topological polar surface area (TPSA) is 68.7 Å². The Labute approximate surface area is 152 Å². The molecule has 0 amide bonds. The number of carbonyl (C=O) groups is 1. The third-order valence-electron chi connectivity index (χ3n) is 3.95. The monoisotopic (exact) mass is 351 g/mol. The summed E-state index contributed by atoms with van der Waals surface area (Å²) in [5.41, 5.74) is 1.79. The van der Waals surface area contributed by atoms with Crippen LogP contribution in [0.25, 0.3) is 10.9 Å². The predicted molar refractivity (Wildman–Crippen MR) is 99.5 cm³/mol. The van der Waals surface area contributed by atoms with Crippen LogP contribution in [-0.2, 0) is 11.4 Å². The van der Waals surface area contributed by atoms with Gasteiger partial charge in [0, 0.05) is 17.9 Å². The molecule has 0 fully saturated rings. The average molecular weight is 351 g/mol. The van der Waals surface area contributed by atoms with Crippen LogP contribution in [-0.4, -0.2) is 22.2 Å². The number of pyridine rings is 1. The smallest absolute Gasteiger partial charge is 0.303 e. The molecule has 2 aromatic carbocycles. The summed E-state index contributed by atoms with van der Waals surface area (Å²) < 4.78 is 11.6. The summed E-state index contributed by atoms with van der Waals surface area (Å²) >= 11 is 0. The van der Waals surface area contributed by atoms with Gasteiger partial charge in [-0.05, 0) is 37.6 Å². The molecular weight excluding hydrogens is 330 g/mol. The Morgan fingerprint density at radius 2 is 1.88 bits per heavy atom. The quantitative estimate of drug-likeness (QED) is 0.649. The summed E-state index contributed by atoms with van der Waals surface area (Å²) in [5.74, 6) is 0.523. The fourth-order valence-corrected chi connectivity index (χ4v) is 2.60. The number of nitrogens with zero attached hydrogens (tertiary/aromatic N) is 1. The number of hydrogen-bond acceptors (Lipinski definition) is 4. The molecule has 3 rings (SSSR count). The average Bonchev–Trinajstić information content (AvgIpc) is 2.65. The fraction of sp³-hybridized carbons (Fsp3) is 0.238. The first kappa shape index (κ1) is 17.7. The van der Waals surface area contributed by atoms with E-state index in [-0.39, 0.29) is 12.5 Å². The predicted octanol–water partition coefficient (Wildman–Crippen LogP) is 4.45. The summed E-state index contributed by atoms with van der Waals surface area (Å²) in [6.07, 6.45) is 0.371. The van der Waals surface area contributed by atoms with Gasteiger partial charge in [-0.25, -0.2) is 4.98 Å². The molecule has 1 N–H and O–H groups in total. The Bertz CT molecular complexity index is 894. The zero-order valence-corrected chi connectivity index (χ0v) is 14.6. The van der Waals surface area contributed by atoms with Crippen LogP contribution in [0.15, 0.2) is 60.7 Å². The maximum Gasteiger partial charge on any atom is 0.303 e. The molecule has 0 radical (unpaired) electrons. The van der Waals surface area contributed by atoms with Gasteiger partial charge in [0.05, 0.1) is 17.3 Å². The number of aromatic nitrogens is 1. The Morgan fingerprint density at radius 3 is 2.73 bits per heavy atom. The van der Waals surface area contributed by atoms with Crippen LogP contribution in [0.2, 0.25) is 0 Å². The largest absolute Gasteiger partial charge is 0.491 e. The normalized spacial score (nSPS) is 11.9. The first-order valence-corrected chi connectivity index (χ1v) is 8.56. The van der Waals surface area contributed by atoms with Crippen LogP contribution in [0.5, 0.6) is 11.5 Å². The van der Waals surface area contributed by atoms with Crippen LogP contribution in [0.3, 0.4) is 0 Å². The van der Waals surface area contributed by atoms with Gasteiger partial charge in [0.2, 0.25) is 0 Å². The highest BCUT2D eigenvalue weighted by atomic mass is 16.5. The molecule has 5 heteroatoms.